The van der Waals surface area contributed by atoms with Gasteiger partial charge in [0.1, 0.15) is 12.6 Å². The zero-order valence-electron chi connectivity index (χ0n) is 22.6. The first kappa shape index (κ1) is 30.5. The molecule has 0 bridgehead atoms. The molecule has 0 saturated carbocycles. The third kappa shape index (κ3) is 7.75. The summed E-state index contributed by atoms with van der Waals surface area (Å²) in [7, 11) is -4.13. The Kier molecular flexibility index (Phi) is 9.69. The first-order chi connectivity index (χ1) is 18.2. The number of anilines is 1. The number of rotatable bonds is 9. The van der Waals surface area contributed by atoms with Crippen molar-refractivity contribution in [2.45, 2.75) is 57.6 Å². The topological polar surface area (TPSA) is 86.8 Å². The molecule has 10 heteroatoms. The lowest BCUT2D eigenvalue weighted by Gasteiger charge is -2.34. The lowest BCUT2D eigenvalue weighted by molar-refractivity contribution is -0.140. The first-order valence-electron chi connectivity index (χ1n) is 12.4. The number of carbonyl (C=O) groups excluding carboxylic acids is 2. The Morgan fingerprint density at radius 2 is 1.51 bits per heavy atom. The van der Waals surface area contributed by atoms with Gasteiger partial charge in [-0.1, -0.05) is 59.6 Å². The van der Waals surface area contributed by atoms with Crippen LogP contribution in [0.25, 0.3) is 0 Å². The fraction of sp³-hybridized carbons (Fsp3) is 0.310. The lowest BCUT2D eigenvalue weighted by Crippen LogP contribution is -2.54. The maximum absolute atomic E-state index is 14.0. The molecule has 2 amide bonds. The van der Waals surface area contributed by atoms with Gasteiger partial charge in [-0.3, -0.25) is 13.9 Å². The van der Waals surface area contributed by atoms with Gasteiger partial charge >= 0.3 is 0 Å². The van der Waals surface area contributed by atoms with Crippen molar-refractivity contribution < 1.29 is 18.0 Å². The number of nitrogens with zero attached hydrogens (tertiary/aromatic N) is 2. The number of aryl methyl sites for hydroxylation is 1. The van der Waals surface area contributed by atoms with Gasteiger partial charge in [0.05, 0.1) is 10.6 Å². The molecule has 0 heterocycles. The van der Waals surface area contributed by atoms with E-state index in [2.05, 4.69) is 5.32 Å². The standard InChI is InChI=1S/C29H33Cl2N3O4S/c1-20-11-9-12-22(17-20)34(39(37,38)23-13-7-6-8-14-23)19-27(35)33(21(2)28(36)32-29(3,4)5)18-24-25(30)15-10-16-26(24)31/h6-17,21H,18-19H2,1-5H3,(H,32,36). The van der Waals surface area contributed by atoms with Crippen molar-refractivity contribution in [3.63, 3.8) is 0 Å². The van der Waals surface area contributed by atoms with Gasteiger partial charge in [-0.15, -0.1) is 0 Å². The molecule has 7 nitrogen and oxygen atoms in total. The molecule has 0 aliphatic heterocycles. The molecule has 0 saturated heterocycles. The predicted octanol–water partition coefficient (Wildman–Crippen LogP) is 5.83. The average molecular weight is 591 g/mol. The second-order valence-corrected chi connectivity index (χ2v) is 13.0. The van der Waals surface area contributed by atoms with Crippen molar-refractivity contribution >= 4 is 50.7 Å². The normalized spacial score (nSPS) is 12.5. The number of sulfonamides is 1. The summed E-state index contributed by atoms with van der Waals surface area (Å²) in [5.41, 5.74) is 1.06. The highest BCUT2D eigenvalue weighted by Gasteiger charge is 2.34. The second-order valence-electron chi connectivity index (χ2n) is 10.3. The fourth-order valence-corrected chi connectivity index (χ4v) is 5.89. The van der Waals surface area contributed by atoms with Crippen LogP contribution in [-0.2, 0) is 26.2 Å². The highest BCUT2D eigenvalue weighted by atomic mass is 35.5. The van der Waals surface area contributed by atoms with E-state index >= 15 is 0 Å². The van der Waals surface area contributed by atoms with Crippen molar-refractivity contribution in [2.24, 2.45) is 0 Å². The molecule has 39 heavy (non-hydrogen) atoms. The molecule has 1 N–H and O–H groups in total. The molecule has 1 atom stereocenters. The van der Waals surface area contributed by atoms with Crippen LogP contribution in [0.5, 0.6) is 0 Å². The molecular formula is C29H33Cl2N3O4S. The van der Waals surface area contributed by atoms with Gasteiger partial charge in [-0.25, -0.2) is 8.42 Å². The molecule has 0 radical (unpaired) electrons. The van der Waals surface area contributed by atoms with Gasteiger partial charge in [0, 0.05) is 27.7 Å². The van der Waals surface area contributed by atoms with E-state index in [1.165, 1.54) is 17.0 Å². The van der Waals surface area contributed by atoms with Gasteiger partial charge in [0.2, 0.25) is 11.8 Å². The summed E-state index contributed by atoms with van der Waals surface area (Å²) in [6, 6.07) is 18.8. The van der Waals surface area contributed by atoms with Crippen LogP contribution in [0.1, 0.15) is 38.8 Å². The van der Waals surface area contributed by atoms with Crippen LogP contribution in [0, 0.1) is 6.92 Å². The van der Waals surface area contributed by atoms with Gasteiger partial charge in [-0.05, 0) is 76.6 Å². The SMILES string of the molecule is Cc1cccc(N(CC(=O)N(Cc2c(Cl)cccc2Cl)C(C)C(=O)NC(C)(C)C)S(=O)(=O)c2ccccc2)c1. The van der Waals surface area contributed by atoms with E-state index < -0.39 is 40.0 Å². The summed E-state index contributed by atoms with van der Waals surface area (Å²) in [6.45, 7) is 8.29. The zero-order valence-corrected chi connectivity index (χ0v) is 24.9. The van der Waals surface area contributed by atoms with Crippen molar-refractivity contribution in [3.05, 3.63) is 94.0 Å². The number of carbonyl (C=O) groups is 2. The Hall–Kier alpha value is -3.07. The predicted molar refractivity (Wildman–Crippen MR) is 157 cm³/mol. The molecule has 0 spiro atoms. The third-order valence-electron chi connectivity index (χ3n) is 5.96. The number of hydrogen-bond donors (Lipinski definition) is 1. The summed E-state index contributed by atoms with van der Waals surface area (Å²) in [5.74, 6) is -0.990. The summed E-state index contributed by atoms with van der Waals surface area (Å²) in [4.78, 5) is 28.5. The van der Waals surface area contributed by atoms with Crippen LogP contribution in [0.2, 0.25) is 10.0 Å². The number of benzene rings is 3. The Balaban J connectivity index is 2.07. The maximum Gasteiger partial charge on any atom is 0.264 e. The molecule has 0 fully saturated rings. The van der Waals surface area contributed by atoms with E-state index in [4.69, 9.17) is 23.2 Å². The van der Waals surface area contributed by atoms with E-state index in [0.717, 1.165) is 9.87 Å². The second kappa shape index (κ2) is 12.4. The molecule has 208 valence electrons. The molecule has 1 unspecified atom stereocenters. The maximum atomic E-state index is 14.0. The van der Waals surface area contributed by atoms with Gasteiger partial charge in [0.15, 0.2) is 0 Å². The van der Waals surface area contributed by atoms with E-state index in [1.54, 1.807) is 61.5 Å². The van der Waals surface area contributed by atoms with Gasteiger partial charge < -0.3 is 10.2 Å². The van der Waals surface area contributed by atoms with E-state index in [1.807, 2.05) is 33.8 Å². The van der Waals surface area contributed by atoms with Crippen LogP contribution >= 0.6 is 23.2 Å². The largest absolute Gasteiger partial charge is 0.350 e. The number of halogens is 2. The molecule has 3 aromatic carbocycles. The summed E-state index contributed by atoms with van der Waals surface area (Å²) < 4.78 is 28.7. The van der Waals surface area contributed by atoms with E-state index in [0.29, 0.717) is 21.3 Å². The minimum Gasteiger partial charge on any atom is -0.350 e. The van der Waals surface area contributed by atoms with Crippen LogP contribution in [-0.4, -0.2) is 43.3 Å². The fourth-order valence-electron chi connectivity index (χ4n) is 3.94. The van der Waals surface area contributed by atoms with Crippen LogP contribution in [0.3, 0.4) is 0 Å². The highest BCUT2D eigenvalue weighted by molar-refractivity contribution is 7.92. The first-order valence-corrected chi connectivity index (χ1v) is 14.6. The van der Waals surface area contributed by atoms with Crippen molar-refractivity contribution in [1.82, 2.24) is 10.2 Å². The lowest BCUT2D eigenvalue weighted by atomic mass is 10.1. The highest BCUT2D eigenvalue weighted by Crippen LogP contribution is 2.28. The Morgan fingerprint density at radius 1 is 0.923 bits per heavy atom. The van der Waals surface area contributed by atoms with Crippen LogP contribution in [0.4, 0.5) is 5.69 Å². The quantitative estimate of drug-likeness (QED) is 0.340. The van der Waals surface area contributed by atoms with E-state index in [-0.39, 0.29) is 11.4 Å². The number of nitrogens with one attached hydrogen (secondary N) is 1. The van der Waals surface area contributed by atoms with Crippen molar-refractivity contribution in [1.29, 1.82) is 0 Å². The summed E-state index contributed by atoms with van der Waals surface area (Å²) in [5, 5.41) is 3.55. The van der Waals surface area contributed by atoms with Gasteiger partial charge in [-0.2, -0.15) is 0 Å². The van der Waals surface area contributed by atoms with Crippen LogP contribution in [0.15, 0.2) is 77.7 Å². The smallest absolute Gasteiger partial charge is 0.264 e. The number of amides is 2. The molecular weight excluding hydrogens is 557 g/mol. The van der Waals surface area contributed by atoms with Crippen molar-refractivity contribution in [3.8, 4) is 0 Å². The summed E-state index contributed by atoms with van der Waals surface area (Å²) in [6.07, 6.45) is 0. The Bertz CT molecular complexity index is 1420. The monoisotopic (exact) mass is 589 g/mol. The molecule has 0 aromatic heterocycles. The minimum atomic E-state index is -4.13. The van der Waals surface area contributed by atoms with Crippen molar-refractivity contribution in [2.75, 3.05) is 10.8 Å². The molecule has 3 aromatic rings. The summed E-state index contributed by atoms with van der Waals surface area (Å²) >= 11 is 12.8. The third-order valence-corrected chi connectivity index (χ3v) is 8.45. The Labute approximate surface area is 240 Å². The van der Waals surface area contributed by atoms with Crippen LogP contribution < -0.4 is 9.62 Å². The van der Waals surface area contributed by atoms with E-state index in [9.17, 15) is 18.0 Å². The number of hydrogen-bond acceptors (Lipinski definition) is 4. The molecule has 0 aliphatic rings. The molecule has 3 rings (SSSR count). The Morgan fingerprint density at radius 3 is 2.08 bits per heavy atom. The molecule has 0 aliphatic carbocycles. The zero-order chi connectivity index (χ0) is 29.0. The average Bonchev–Trinajstić information content (AvgIpc) is 2.86. The minimum absolute atomic E-state index is 0.0403. The van der Waals surface area contributed by atoms with Gasteiger partial charge in [0.25, 0.3) is 10.0 Å².